The second kappa shape index (κ2) is 8.59. The topological polar surface area (TPSA) is 126 Å². The van der Waals surface area contributed by atoms with Gasteiger partial charge in [-0.3, -0.25) is 14.8 Å². The van der Waals surface area contributed by atoms with Crippen LogP contribution < -0.4 is 5.73 Å². The molecule has 0 bridgehead atoms. The van der Waals surface area contributed by atoms with Gasteiger partial charge >= 0.3 is 0 Å². The zero-order valence-corrected chi connectivity index (χ0v) is 16.9. The van der Waals surface area contributed by atoms with E-state index in [-0.39, 0.29) is 5.91 Å². The van der Waals surface area contributed by atoms with Crippen molar-refractivity contribution in [3.8, 4) is 28.6 Å². The second-order valence-corrected chi connectivity index (χ2v) is 6.81. The molecule has 31 heavy (non-hydrogen) atoms. The van der Waals surface area contributed by atoms with Gasteiger partial charge in [0.05, 0.1) is 35.0 Å². The van der Waals surface area contributed by atoms with Crippen LogP contribution in [0, 0.1) is 11.3 Å². The molecule has 9 heteroatoms. The molecule has 1 amide bonds. The van der Waals surface area contributed by atoms with E-state index in [1.807, 2.05) is 25.1 Å². The number of rotatable bonds is 6. The molecular weight excluding hydrogens is 392 g/mol. The predicted octanol–water partition coefficient (Wildman–Crippen LogP) is 2.81. The van der Waals surface area contributed by atoms with Crippen LogP contribution in [0.1, 0.15) is 23.7 Å². The predicted molar refractivity (Wildman–Crippen MR) is 116 cm³/mol. The Morgan fingerprint density at radius 1 is 1.16 bits per heavy atom. The van der Waals surface area contributed by atoms with Crippen LogP contribution in [-0.4, -0.2) is 48.5 Å². The third-order valence-electron chi connectivity index (χ3n) is 4.89. The molecule has 2 N–H and O–H groups in total. The molecule has 0 aromatic carbocycles. The first-order valence-corrected chi connectivity index (χ1v) is 9.80. The molecule has 0 aliphatic rings. The summed E-state index contributed by atoms with van der Waals surface area (Å²) in [5.41, 5.74) is 9.95. The molecule has 154 valence electrons. The van der Waals surface area contributed by atoms with E-state index in [1.54, 1.807) is 40.1 Å². The molecule has 0 spiro atoms. The number of carbonyl (C=O) groups is 1. The molecule has 4 rings (SSSR count). The van der Waals surface area contributed by atoms with Crippen LogP contribution >= 0.6 is 0 Å². The van der Waals surface area contributed by atoms with Crippen molar-refractivity contribution in [2.45, 2.75) is 13.3 Å². The number of nitriles is 1. The van der Waals surface area contributed by atoms with Crippen molar-refractivity contribution >= 4 is 17.4 Å². The van der Waals surface area contributed by atoms with Gasteiger partial charge in [-0.1, -0.05) is 6.07 Å². The molecule has 0 fully saturated rings. The summed E-state index contributed by atoms with van der Waals surface area (Å²) in [6, 6.07) is 11.1. The van der Waals surface area contributed by atoms with Crippen LogP contribution in [0.15, 0.2) is 55.1 Å². The summed E-state index contributed by atoms with van der Waals surface area (Å²) in [5, 5.41) is 13.1. The Balaban J connectivity index is 1.62. The molecule has 4 aromatic rings. The molecule has 0 saturated carbocycles. The van der Waals surface area contributed by atoms with E-state index in [4.69, 9.17) is 11.0 Å². The molecular formula is C22H20N8O. The molecule has 0 saturated heterocycles. The third-order valence-corrected chi connectivity index (χ3v) is 4.89. The number of nitrogen functional groups attached to an aromatic ring is 1. The molecule has 4 aromatic heterocycles. The van der Waals surface area contributed by atoms with Crippen molar-refractivity contribution in [2.24, 2.45) is 0 Å². The summed E-state index contributed by atoms with van der Waals surface area (Å²) in [7, 11) is 0. The highest BCUT2D eigenvalue weighted by molar-refractivity contribution is 5.94. The van der Waals surface area contributed by atoms with E-state index < -0.39 is 0 Å². The lowest BCUT2D eigenvalue weighted by molar-refractivity contribution is 0.0767. The minimum atomic E-state index is -0.148. The van der Waals surface area contributed by atoms with E-state index in [0.29, 0.717) is 53.5 Å². The molecule has 9 nitrogen and oxygen atoms in total. The van der Waals surface area contributed by atoms with Crippen LogP contribution in [0.3, 0.4) is 0 Å². The van der Waals surface area contributed by atoms with Crippen molar-refractivity contribution in [1.82, 2.24) is 29.5 Å². The zero-order chi connectivity index (χ0) is 21.8. The number of nitrogens with zero attached hydrogens (tertiary/aromatic N) is 7. The maximum absolute atomic E-state index is 12.6. The largest absolute Gasteiger partial charge is 0.382 e. The van der Waals surface area contributed by atoms with E-state index in [2.05, 4.69) is 26.1 Å². The summed E-state index contributed by atoms with van der Waals surface area (Å²) >= 11 is 0. The SMILES string of the molecule is CCN(CCC#N)C(=O)c1ccc(-c2cnc3c(-c4ccccn4)c(N)nn3c2)nc1. The quantitative estimate of drug-likeness (QED) is 0.516. The fraction of sp³-hybridized carbons (Fsp3) is 0.182. The highest BCUT2D eigenvalue weighted by atomic mass is 16.2. The van der Waals surface area contributed by atoms with Gasteiger partial charge in [0.25, 0.3) is 5.91 Å². The molecule has 0 atom stereocenters. The standard InChI is InChI=1S/C22H20N8O/c1-2-29(11-5-9-23)22(31)15-7-8-17(26-12-15)16-13-27-21-19(18-6-3-4-10-25-18)20(24)28-30(21)14-16/h3-4,6-8,10,12-14H,2,5,11H2,1H3,(H2,24,28). The maximum atomic E-state index is 12.6. The maximum Gasteiger partial charge on any atom is 0.255 e. The van der Waals surface area contributed by atoms with E-state index >= 15 is 0 Å². The van der Waals surface area contributed by atoms with Crippen molar-refractivity contribution in [3.05, 3.63) is 60.7 Å². The van der Waals surface area contributed by atoms with Gasteiger partial charge in [-0.25, -0.2) is 9.50 Å². The van der Waals surface area contributed by atoms with Gasteiger partial charge in [-0.05, 0) is 31.2 Å². The fourth-order valence-electron chi connectivity index (χ4n) is 3.30. The van der Waals surface area contributed by atoms with E-state index in [0.717, 1.165) is 5.56 Å². The van der Waals surface area contributed by atoms with Crippen LogP contribution in [0.25, 0.3) is 28.2 Å². The van der Waals surface area contributed by atoms with E-state index in [1.165, 1.54) is 6.20 Å². The van der Waals surface area contributed by atoms with Crippen LogP contribution in [0.4, 0.5) is 5.82 Å². The Morgan fingerprint density at radius 2 is 2.03 bits per heavy atom. The lowest BCUT2D eigenvalue weighted by atomic mass is 10.1. The number of nitrogens with two attached hydrogens (primary N) is 1. The summed E-state index contributed by atoms with van der Waals surface area (Å²) in [6.45, 7) is 2.81. The van der Waals surface area contributed by atoms with Crippen molar-refractivity contribution in [1.29, 1.82) is 5.26 Å². The van der Waals surface area contributed by atoms with Gasteiger partial charge in [-0.2, -0.15) is 5.26 Å². The molecule has 0 aliphatic carbocycles. The minimum Gasteiger partial charge on any atom is -0.382 e. The first-order valence-electron chi connectivity index (χ1n) is 9.80. The van der Waals surface area contributed by atoms with Gasteiger partial charge in [0, 0.05) is 43.4 Å². The van der Waals surface area contributed by atoms with Gasteiger partial charge in [-0.15, -0.1) is 5.10 Å². The molecule has 0 unspecified atom stereocenters. The number of carbonyl (C=O) groups excluding carboxylic acids is 1. The molecule has 0 radical (unpaired) electrons. The third kappa shape index (κ3) is 3.91. The highest BCUT2D eigenvalue weighted by Gasteiger charge is 2.17. The Kier molecular flexibility index (Phi) is 5.53. The van der Waals surface area contributed by atoms with Crippen molar-refractivity contribution < 1.29 is 4.79 Å². The zero-order valence-electron chi connectivity index (χ0n) is 16.9. The fourth-order valence-corrected chi connectivity index (χ4v) is 3.30. The highest BCUT2D eigenvalue weighted by Crippen LogP contribution is 2.28. The number of hydrogen-bond donors (Lipinski definition) is 1. The van der Waals surface area contributed by atoms with Crippen molar-refractivity contribution in [3.63, 3.8) is 0 Å². The van der Waals surface area contributed by atoms with Gasteiger partial charge in [0.15, 0.2) is 11.5 Å². The average Bonchev–Trinajstić information content (AvgIpc) is 3.15. The summed E-state index contributed by atoms with van der Waals surface area (Å²) in [5.74, 6) is 0.194. The second-order valence-electron chi connectivity index (χ2n) is 6.81. The number of fused-ring (bicyclic) bond motifs is 1. The monoisotopic (exact) mass is 412 g/mol. The average molecular weight is 412 g/mol. The first kappa shape index (κ1) is 20.0. The summed E-state index contributed by atoms with van der Waals surface area (Å²) in [6.07, 6.45) is 7.01. The lowest BCUT2D eigenvalue weighted by Gasteiger charge is -2.19. The van der Waals surface area contributed by atoms with Gasteiger partial charge in [0.1, 0.15) is 0 Å². The summed E-state index contributed by atoms with van der Waals surface area (Å²) in [4.78, 5) is 27.5. The Bertz CT molecular complexity index is 1260. The van der Waals surface area contributed by atoms with Gasteiger partial charge in [0.2, 0.25) is 0 Å². The van der Waals surface area contributed by atoms with E-state index in [9.17, 15) is 4.79 Å². The van der Waals surface area contributed by atoms with Crippen LogP contribution in [-0.2, 0) is 0 Å². The minimum absolute atomic E-state index is 0.148. The first-order chi connectivity index (χ1) is 15.1. The number of hydrogen-bond acceptors (Lipinski definition) is 7. The number of anilines is 1. The number of pyridine rings is 2. The Morgan fingerprint density at radius 3 is 2.71 bits per heavy atom. The molecule has 4 heterocycles. The number of amides is 1. The van der Waals surface area contributed by atoms with Crippen LogP contribution in [0.2, 0.25) is 0 Å². The Labute approximate surface area is 178 Å². The molecule has 0 aliphatic heterocycles. The van der Waals surface area contributed by atoms with Crippen molar-refractivity contribution in [2.75, 3.05) is 18.8 Å². The van der Waals surface area contributed by atoms with Crippen LogP contribution in [0.5, 0.6) is 0 Å². The number of aromatic nitrogens is 5. The summed E-state index contributed by atoms with van der Waals surface area (Å²) < 4.78 is 1.61. The smallest absolute Gasteiger partial charge is 0.255 e. The Hall–Kier alpha value is -4.32. The van der Waals surface area contributed by atoms with Gasteiger partial charge < -0.3 is 10.6 Å². The normalized spacial score (nSPS) is 10.7. The lowest BCUT2D eigenvalue weighted by Crippen LogP contribution is -2.31.